The molecule has 6 heteroatoms. The summed E-state index contributed by atoms with van der Waals surface area (Å²) in [6, 6.07) is 11.5. The summed E-state index contributed by atoms with van der Waals surface area (Å²) in [5.74, 6) is 1.21. The molecule has 2 aromatic carbocycles. The third kappa shape index (κ3) is 4.49. The number of para-hydroxylation sites is 1. The molecule has 0 saturated heterocycles. The van der Waals surface area contributed by atoms with Crippen LogP contribution in [0.3, 0.4) is 0 Å². The molecule has 0 bridgehead atoms. The van der Waals surface area contributed by atoms with Crippen molar-refractivity contribution in [3.8, 4) is 22.6 Å². The van der Waals surface area contributed by atoms with Crippen LogP contribution in [-0.2, 0) is 9.53 Å². The number of fused-ring (bicyclic) bond motifs is 1. The zero-order valence-corrected chi connectivity index (χ0v) is 17.9. The number of amides is 1. The number of allylic oxidation sites excluding steroid dienone is 1. The first-order valence-electron chi connectivity index (χ1n) is 9.69. The molecular formula is C24H27NO5. The predicted molar refractivity (Wildman–Crippen MR) is 118 cm³/mol. The van der Waals surface area contributed by atoms with Gasteiger partial charge in [-0.15, -0.1) is 0 Å². The molecule has 30 heavy (non-hydrogen) atoms. The molecule has 0 radical (unpaired) electrons. The van der Waals surface area contributed by atoms with Gasteiger partial charge >= 0.3 is 0 Å². The van der Waals surface area contributed by atoms with Crippen molar-refractivity contribution < 1.29 is 23.4 Å². The summed E-state index contributed by atoms with van der Waals surface area (Å²) < 4.78 is 21.9. The normalized spacial score (nSPS) is 12.6. The van der Waals surface area contributed by atoms with E-state index in [9.17, 15) is 4.79 Å². The van der Waals surface area contributed by atoms with Gasteiger partial charge in [-0.2, -0.15) is 0 Å². The lowest BCUT2D eigenvalue weighted by molar-refractivity contribution is -0.117. The molecule has 1 amide bonds. The van der Waals surface area contributed by atoms with Gasteiger partial charge in [0.25, 0.3) is 0 Å². The molecule has 3 aromatic rings. The van der Waals surface area contributed by atoms with Gasteiger partial charge in [-0.1, -0.05) is 18.2 Å². The number of hydrogen-bond donors (Lipinski definition) is 1. The molecule has 0 saturated carbocycles. The maximum Gasteiger partial charge on any atom is 0.244 e. The topological polar surface area (TPSA) is 69.9 Å². The van der Waals surface area contributed by atoms with Crippen LogP contribution in [0.15, 0.2) is 53.2 Å². The summed E-state index contributed by atoms with van der Waals surface area (Å²) in [6.45, 7) is 4.22. The van der Waals surface area contributed by atoms with E-state index in [0.29, 0.717) is 17.9 Å². The summed E-state index contributed by atoms with van der Waals surface area (Å²) >= 11 is 0. The van der Waals surface area contributed by atoms with E-state index in [1.165, 1.54) is 0 Å². The highest BCUT2D eigenvalue weighted by molar-refractivity contribution is 6.01. The highest BCUT2D eigenvalue weighted by atomic mass is 16.5. The third-order valence-corrected chi connectivity index (χ3v) is 4.87. The van der Waals surface area contributed by atoms with E-state index in [1.54, 1.807) is 33.7 Å². The zero-order valence-electron chi connectivity index (χ0n) is 17.9. The fourth-order valence-corrected chi connectivity index (χ4v) is 3.46. The monoisotopic (exact) mass is 409 g/mol. The Morgan fingerprint density at radius 1 is 1.10 bits per heavy atom. The average Bonchev–Trinajstić information content (AvgIpc) is 3.15. The van der Waals surface area contributed by atoms with Crippen molar-refractivity contribution in [2.45, 2.75) is 19.9 Å². The fraction of sp³-hybridized carbons (Fsp3) is 0.292. The molecule has 1 unspecified atom stereocenters. The van der Waals surface area contributed by atoms with Gasteiger partial charge in [-0.3, -0.25) is 4.79 Å². The molecule has 0 spiro atoms. The number of benzene rings is 2. The summed E-state index contributed by atoms with van der Waals surface area (Å²) in [6.07, 6.45) is 3.28. The summed E-state index contributed by atoms with van der Waals surface area (Å²) in [5.41, 5.74) is 4.14. The van der Waals surface area contributed by atoms with Crippen LogP contribution in [0.25, 0.3) is 27.7 Å². The Bertz CT molecular complexity index is 1070. The molecular weight excluding hydrogens is 382 g/mol. The van der Waals surface area contributed by atoms with Crippen LogP contribution in [0, 0.1) is 0 Å². The number of carbonyl (C=O) groups is 1. The number of carbonyl (C=O) groups excluding carboxylic acids is 1. The molecule has 1 heterocycles. The van der Waals surface area contributed by atoms with E-state index in [0.717, 1.165) is 33.4 Å². The minimum atomic E-state index is -0.184. The van der Waals surface area contributed by atoms with Gasteiger partial charge in [0.2, 0.25) is 5.91 Å². The first-order chi connectivity index (χ1) is 14.5. The minimum absolute atomic E-state index is 0.0815. The van der Waals surface area contributed by atoms with Gasteiger partial charge in [-0.05, 0) is 31.6 Å². The molecule has 1 atom stereocenters. The van der Waals surface area contributed by atoms with Gasteiger partial charge in [0, 0.05) is 47.4 Å². The van der Waals surface area contributed by atoms with E-state index in [4.69, 9.17) is 18.6 Å². The Labute approximate surface area is 176 Å². The minimum Gasteiger partial charge on any atom is -0.496 e. The molecule has 158 valence electrons. The van der Waals surface area contributed by atoms with E-state index in [2.05, 4.69) is 5.32 Å². The molecule has 0 fully saturated rings. The van der Waals surface area contributed by atoms with Gasteiger partial charge in [0.1, 0.15) is 17.1 Å². The van der Waals surface area contributed by atoms with Gasteiger partial charge < -0.3 is 23.9 Å². The van der Waals surface area contributed by atoms with Gasteiger partial charge in [0.15, 0.2) is 0 Å². The van der Waals surface area contributed by atoms with E-state index in [-0.39, 0.29) is 11.9 Å². The van der Waals surface area contributed by atoms with Crippen LogP contribution in [0.4, 0.5) is 0 Å². The van der Waals surface area contributed by atoms with Crippen molar-refractivity contribution in [2.75, 3.05) is 27.9 Å². The SMILES string of the molecule is COCC(C)NC(=O)/C=C(\C)c1cc2c(-c3ccccc3OC)coc2cc1OC. The van der Waals surface area contributed by atoms with Crippen molar-refractivity contribution in [3.63, 3.8) is 0 Å². The number of ether oxygens (including phenoxy) is 3. The van der Waals surface area contributed by atoms with E-state index < -0.39 is 0 Å². The molecule has 3 rings (SSSR count). The third-order valence-electron chi connectivity index (χ3n) is 4.87. The zero-order chi connectivity index (χ0) is 21.7. The van der Waals surface area contributed by atoms with Crippen LogP contribution < -0.4 is 14.8 Å². The lowest BCUT2D eigenvalue weighted by Crippen LogP contribution is -2.34. The van der Waals surface area contributed by atoms with Crippen LogP contribution in [0.1, 0.15) is 19.4 Å². The number of nitrogens with one attached hydrogen (secondary N) is 1. The lowest BCUT2D eigenvalue weighted by atomic mass is 9.98. The quantitative estimate of drug-likeness (QED) is 0.548. The highest BCUT2D eigenvalue weighted by Crippen LogP contribution is 2.40. The summed E-state index contributed by atoms with van der Waals surface area (Å²) in [5, 5.41) is 3.80. The molecule has 6 nitrogen and oxygen atoms in total. The molecule has 0 aliphatic rings. The standard InChI is InChI=1S/C24H27NO5/c1-15(10-24(26)25-16(2)13-27-3)18-11-19-20(14-30-23(19)12-22(18)29-5)17-8-6-7-9-21(17)28-4/h6-12,14,16H,13H2,1-5H3,(H,25,26)/b15-10+. The molecule has 0 aliphatic heterocycles. The Morgan fingerprint density at radius 3 is 2.53 bits per heavy atom. The first-order valence-corrected chi connectivity index (χ1v) is 9.69. The lowest BCUT2D eigenvalue weighted by Gasteiger charge is -2.13. The largest absolute Gasteiger partial charge is 0.496 e. The van der Waals surface area contributed by atoms with E-state index in [1.807, 2.05) is 50.2 Å². The number of hydrogen-bond acceptors (Lipinski definition) is 5. The number of furan rings is 1. The van der Waals surface area contributed by atoms with Crippen molar-refractivity contribution in [1.82, 2.24) is 5.32 Å². The maximum absolute atomic E-state index is 12.4. The van der Waals surface area contributed by atoms with Crippen LogP contribution in [-0.4, -0.2) is 39.9 Å². The highest BCUT2D eigenvalue weighted by Gasteiger charge is 2.17. The van der Waals surface area contributed by atoms with Crippen molar-refractivity contribution in [2.24, 2.45) is 0 Å². The van der Waals surface area contributed by atoms with Crippen molar-refractivity contribution >= 4 is 22.4 Å². The smallest absolute Gasteiger partial charge is 0.244 e. The molecule has 1 N–H and O–H groups in total. The summed E-state index contributed by atoms with van der Waals surface area (Å²) in [7, 11) is 4.85. The van der Waals surface area contributed by atoms with Crippen LogP contribution in [0.2, 0.25) is 0 Å². The Kier molecular flexibility index (Phi) is 6.79. The number of methoxy groups -OCH3 is 3. The maximum atomic E-state index is 12.4. The molecule has 0 aliphatic carbocycles. The fourth-order valence-electron chi connectivity index (χ4n) is 3.46. The van der Waals surface area contributed by atoms with Crippen molar-refractivity contribution in [3.05, 3.63) is 54.3 Å². The van der Waals surface area contributed by atoms with Gasteiger partial charge in [0.05, 0.1) is 27.1 Å². The predicted octanol–water partition coefficient (Wildman–Crippen LogP) is 4.67. The Balaban J connectivity index is 2.04. The second-order valence-electron chi connectivity index (χ2n) is 7.09. The second kappa shape index (κ2) is 9.50. The van der Waals surface area contributed by atoms with Crippen LogP contribution >= 0.6 is 0 Å². The van der Waals surface area contributed by atoms with Crippen LogP contribution in [0.5, 0.6) is 11.5 Å². The Morgan fingerprint density at radius 2 is 1.83 bits per heavy atom. The summed E-state index contributed by atoms with van der Waals surface area (Å²) in [4.78, 5) is 12.4. The molecule has 1 aromatic heterocycles. The average molecular weight is 409 g/mol. The Hall–Kier alpha value is -3.25. The first kappa shape index (κ1) is 21.5. The van der Waals surface area contributed by atoms with E-state index >= 15 is 0 Å². The number of rotatable bonds is 8. The van der Waals surface area contributed by atoms with Gasteiger partial charge in [-0.25, -0.2) is 0 Å². The van der Waals surface area contributed by atoms with Crippen molar-refractivity contribution in [1.29, 1.82) is 0 Å². The second-order valence-corrected chi connectivity index (χ2v) is 7.09.